The second-order valence-corrected chi connectivity index (χ2v) is 7.98. The maximum atomic E-state index is 12.5. The summed E-state index contributed by atoms with van der Waals surface area (Å²) >= 11 is 0. The topological polar surface area (TPSA) is 112 Å². The Morgan fingerprint density at radius 3 is 2.72 bits per heavy atom. The fraction of sp³-hybridized carbons (Fsp3) is 0.619. The molecule has 0 saturated carbocycles. The summed E-state index contributed by atoms with van der Waals surface area (Å²) in [4.78, 5) is 24.8. The van der Waals surface area contributed by atoms with Crippen molar-refractivity contribution in [3.63, 3.8) is 0 Å². The van der Waals surface area contributed by atoms with Gasteiger partial charge in [-0.05, 0) is 26.8 Å². The van der Waals surface area contributed by atoms with Crippen LogP contribution in [-0.4, -0.2) is 65.6 Å². The van der Waals surface area contributed by atoms with Gasteiger partial charge in [0.05, 0.1) is 24.2 Å². The molecule has 3 heterocycles. The number of rotatable bonds is 4. The smallest absolute Gasteiger partial charge is 0.334 e. The van der Waals surface area contributed by atoms with E-state index in [1.165, 1.54) is 7.11 Å². The van der Waals surface area contributed by atoms with Crippen LogP contribution in [0.4, 0.5) is 0 Å². The van der Waals surface area contributed by atoms with Gasteiger partial charge in [0.15, 0.2) is 5.79 Å². The molecule has 2 N–H and O–H groups in total. The van der Waals surface area contributed by atoms with Gasteiger partial charge in [0.25, 0.3) is 0 Å². The average molecular weight is 408 g/mol. The molecule has 2 bridgehead atoms. The van der Waals surface area contributed by atoms with Gasteiger partial charge in [-0.1, -0.05) is 12.7 Å². The highest BCUT2D eigenvalue weighted by Gasteiger charge is 2.59. The van der Waals surface area contributed by atoms with E-state index in [0.717, 1.165) is 0 Å². The molecule has 3 aliphatic rings. The molecule has 3 aliphatic heterocycles. The molecule has 8 nitrogen and oxygen atoms in total. The number of hydrogen-bond acceptors (Lipinski definition) is 8. The van der Waals surface area contributed by atoms with Crippen molar-refractivity contribution in [1.82, 2.24) is 0 Å². The summed E-state index contributed by atoms with van der Waals surface area (Å²) in [5.41, 5.74) is -0.244. The summed E-state index contributed by atoms with van der Waals surface area (Å²) < 4.78 is 22.9. The van der Waals surface area contributed by atoms with Crippen molar-refractivity contribution >= 4 is 11.9 Å². The third kappa shape index (κ3) is 3.54. The summed E-state index contributed by atoms with van der Waals surface area (Å²) in [7, 11) is 1.42. The molecular formula is C21H28O8. The number of carbonyl (C=O) groups is 2. The van der Waals surface area contributed by atoms with E-state index in [2.05, 4.69) is 6.58 Å². The first-order valence-electron chi connectivity index (χ1n) is 9.60. The van der Waals surface area contributed by atoms with E-state index < -0.39 is 54.2 Å². The van der Waals surface area contributed by atoms with Crippen LogP contribution in [0, 0.1) is 5.92 Å². The molecule has 0 unspecified atom stereocenters. The number of esters is 2. The number of methoxy groups -OCH3 is 1. The number of aliphatic hydroxyl groups excluding tert-OH is 2. The number of ether oxygens (including phenoxy) is 4. The van der Waals surface area contributed by atoms with Crippen molar-refractivity contribution in [3.05, 3.63) is 35.5 Å². The molecule has 0 aliphatic carbocycles. The molecule has 8 heteroatoms. The van der Waals surface area contributed by atoms with E-state index in [-0.39, 0.29) is 18.4 Å². The fourth-order valence-electron chi connectivity index (χ4n) is 4.26. The molecule has 0 aromatic carbocycles. The quantitative estimate of drug-likeness (QED) is 0.405. The van der Waals surface area contributed by atoms with E-state index >= 15 is 0 Å². The molecule has 0 amide bonds. The Labute approximate surface area is 169 Å². The molecule has 6 atom stereocenters. The van der Waals surface area contributed by atoms with Gasteiger partial charge in [-0.25, -0.2) is 9.59 Å². The number of fused-ring (bicyclic) bond motifs is 3. The Morgan fingerprint density at radius 1 is 1.45 bits per heavy atom. The molecule has 29 heavy (non-hydrogen) atoms. The van der Waals surface area contributed by atoms with Crippen molar-refractivity contribution < 1.29 is 38.7 Å². The van der Waals surface area contributed by atoms with Crippen LogP contribution in [0.1, 0.15) is 33.6 Å². The summed E-state index contributed by atoms with van der Waals surface area (Å²) in [6.45, 7) is 8.45. The number of aliphatic hydroxyl groups is 2. The highest BCUT2D eigenvalue weighted by Crippen LogP contribution is 2.49. The van der Waals surface area contributed by atoms with Gasteiger partial charge in [-0.15, -0.1) is 0 Å². The SMILES string of the molecule is C=C1C(=O)O[C@H]2/C=C(/CO)[C@]3(OC)C[C@H](O)[C@](C)(C[C@@H](OC(=O)/C(C)=C\C)[C@@H]12)O3. The van der Waals surface area contributed by atoms with Crippen LogP contribution in [0.3, 0.4) is 0 Å². The Balaban J connectivity index is 2.11. The third-order valence-corrected chi connectivity index (χ3v) is 6.20. The lowest BCUT2D eigenvalue weighted by Crippen LogP contribution is -2.45. The first kappa shape index (κ1) is 21.7. The van der Waals surface area contributed by atoms with Gasteiger partial charge < -0.3 is 29.2 Å². The van der Waals surface area contributed by atoms with E-state index in [0.29, 0.717) is 11.1 Å². The predicted molar refractivity (Wildman–Crippen MR) is 101 cm³/mol. The molecule has 160 valence electrons. The maximum absolute atomic E-state index is 12.5. The summed E-state index contributed by atoms with van der Waals surface area (Å²) in [6, 6.07) is 0. The zero-order valence-electron chi connectivity index (χ0n) is 17.1. The largest absolute Gasteiger partial charge is 0.458 e. The summed E-state index contributed by atoms with van der Waals surface area (Å²) in [6.07, 6.45) is 0.738. The minimum absolute atomic E-state index is 0.0766. The van der Waals surface area contributed by atoms with Gasteiger partial charge in [0.1, 0.15) is 12.2 Å². The van der Waals surface area contributed by atoms with Gasteiger partial charge in [-0.3, -0.25) is 0 Å². The minimum Gasteiger partial charge on any atom is -0.458 e. The van der Waals surface area contributed by atoms with E-state index in [1.54, 1.807) is 32.9 Å². The molecular weight excluding hydrogens is 380 g/mol. The fourth-order valence-corrected chi connectivity index (χ4v) is 4.26. The predicted octanol–water partition coefficient (Wildman–Crippen LogP) is 1.17. The monoisotopic (exact) mass is 408 g/mol. The van der Waals surface area contributed by atoms with Gasteiger partial charge in [0, 0.05) is 36.7 Å². The molecule has 0 spiro atoms. The second-order valence-electron chi connectivity index (χ2n) is 7.98. The van der Waals surface area contributed by atoms with Crippen LogP contribution < -0.4 is 0 Å². The lowest BCUT2D eigenvalue weighted by Gasteiger charge is -2.35. The molecule has 3 rings (SSSR count). The average Bonchev–Trinajstić information content (AvgIpc) is 3.12. The standard InChI is InChI=1S/C21H28O8/c1-6-11(2)18(24)28-15-8-20(4)16(23)9-21(26-5,29-20)13(10-22)7-14-17(15)12(3)19(25)27-14/h6-7,14-17,22-23H,3,8-10H2,1-2,4-5H3/b11-6-,13-7-/t14-,15+,16-,17-,20-,21-/m0/s1. The Bertz CT molecular complexity index is 784. The molecule has 0 aromatic heterocycles. The molecule has 2 fully saturated rings. The van der Waals surface area contributed by atoms with Crippen molar-refractivity contribution in [3.8, 4) is 0 Å². The molecule has 0 aromatic rings. The first-order valence-corrected chi connectivity index (χ1v) is 9.60. The van der Waals surface area contributed by atoms with Crippen molar-refractivity contribution in [2.24, 2.45) is 5.92 Å². The van der Waals surface area contributed by atoms with Crippen LogP contribution in [0.5, 0.6) is 0 Å². The normalized spacial score (nSPS) is 41.6. The van der Waals surface area contributed by atoms with Crippen LogP contribution in [0.2, 0.25) is 0 Å². The Hall–Kier alpha value is -2.00. The molecule has 0 radical (unpaired) electrons. The summed E-state index contributed by atoms with van der Waals surface area (Å²) in [5, 5.41) is 20.8. The van der Waals surface area contributed by atoms with Crippen LogP contribution >= 0.6 is 0 Å². The van der Waals surface area contributed by atoms with Gasteiger partial charge in [0.2, 0.25) is 0 Å². The van der Waals surface area contributed by atoms with Gasteiger partial charge in [-0.2, -0.15) is 0 Å². The lowest BCUT2D eigenvalue weighted by molar-refractivity contribution is -0.225. The minimum atomic E-state index is -1.37. The first-order chi connectivity index (χ1) is 13.6. The second kappa shape index (κ2) is 7.68. The Morgan fingerprint density at radius 2 is 2.14 bits per heavy atom. The van der Waals surface area contributed by atoms with E-state index in [4.69, 9.17) is 18.9 Å². The number of allylic oxidation sites excluding steroid dienone is 1. The summed E-state index contributed by atoms with van der Waals surface area (Å²) in [5.74, 6) is -3.19. The van der Waals surface area contributed by atoms with E-state index in [1.807, 2.05) is 0 Å². The van der Waals surface area contributed by atoms with Gasteiger partial charge >= 0.3 is 11.9 Å². The zero-order valence-corrected chi connectivity index (χ0v) is 17.1. The van der Waals surface area contributed by atoms with Crippen molar-refractivity contribution in [2.45, 2.75) is 63.3 Å². The number of hydrogen-bond donors (Lipinski definition) is 2. The third-order valence-electron chi connectivity index (χ3n) is 6.20. The van der Waals surface area contributed by atoms with Crippen LogP contribution in [0.15, 0.2) is 35.5 Å². The highest BCUT2D eigenvalue weighted by atomic mass is 16.7. The van der Waals surface area contributed by atoms with Crippen LogP contribution in [-0.2, 0) is 28.5 Å². The van der Waals surface area contributed by atoms with Crippen molar-refractivity contribution in [1.29, 1.82) is 0 Å². The zero-order chi connectivity index (χ0) is 21.6. The maximum Gasteiger partial charge on any atom is 0.334 e. The Kier molecular flexibility index (Phi) is 5.75. The van der Waals surface area contributed by atoms with Crippen molar-refractivity contribution in [2.75, 3.05) is 13.7 Å². The lowest BCUT2D eigenvalue weighted by atomic mass is 9.80. The van der Waals surface area contributed by atoms with E-state index in [9.17, 15) is 19.8 Å². The number of carbonyl (C=O) groups excluding carboxylic acids is 2. The van der Waals surface area contributed by atoms with Crippen LogP contribution in [0.25, 0.3) is 0 Å². The molecule has 2 saturated heterocycles. The highest BCUT2D eigenvalue weighted by molar-refractivity contribution is 5.92.